The van der Waals surface area contributed by atoms with Crippen LogP contribution >= 0.6 is 0 Å². The van der Waals surface area contributed by atoms with Crippen molar-refractivity contribution >= 4 is 0 Å². The molecule has 108 valence electrons. The maximum Gasteiger partial charge on any atom is 0.261 e. The predicted molar refractivity (Wildman–Crippen MR) is 78.8 cm³/mol. The van der Waals surface area contributed by atoms with Crippen molar-refractivity contribution in [3.63, 3.8) is 0 Å². The van der Waals surface area contributed by atoms with Crippen molar-refractivity contribution in [3.8, 4) is 17.1 Å². The van der Waals surface area contributed by atoms with Gasteiger partial charge in [0.15, 0.2) is 5.82 Å². The molecule has 6 heteroatoms. The highest BCUT2D eigenvalue weighted by Gasteiger charge is 2.13. The molecule has 0 radical (unpaired) electrons. The molecule has 2 heterocycles. The van der Waals surface area contributed by atoms with E-state index in [0.717, 1.165) is 17.7 Å². The van der Waals surface area contributed by atoms with Crippen LogP contribution in [-0.4, -0.2) is 26.0 Å². The molecule has 2 N–H and O–H groups in total. The van der Waals surface area contributed by atoms with E-state index in [-0.39, 0.29) is 6.04 Å². The normalized spacial score (nSPS) is 12.5. The number of nitrogens with two attached hydrogens (primary N) is 1. The van der Waals surface area contributed by atoms with E-state index >= 15 is 0 Å². The van der Waals surface area contributed by atoms with Crippen molar-refractivity contribution in [2.45, 2.75) is 25.8 Å². The Balaban J connectivity index is 1.80. The van der Waals surface area contributed by atoms with Gasteiger partial charge in [0.05, 0.1) is 17.4 Å². The second-order valence-electron chi connectivity index (χ2n) is 4.90. The first kappa shape index (κ1) is 13.5. The van der Waals surface area contributed by atoms with Crippen LogP contribution in [0.2, 0.25) is 0 Å². The van der Waals surface area contributed by atoms with Crippen molar-refractivity contribution in [2.24, 2.45) is 5.73 Å². The van der Waals surface area contributed by atoms with Gasteiger partial charge in [0.1, 0.15) is 0 Å². The molecule has 0 fully saturated rings. The molecule has 0 saturated heterocycles. The third-order valence-corrected chi connectivity index (χ3v) is 3.29. The highest BCUT2D eigenvalue weighted by atomic mass is 16.5. The molecule has 1 aromatic carbocycles. The zero-order valence-corrected chi connectivity index (χ0v) is 11.8. The van der Waals surface area contributed by atoms with Crippen LogP contribution in [0.5, 0.6) is 0 Å². The van der Waals surface area contributed by atoms with Gasteiger partial charge in [0.25, 0.3) is 5.89 Å². The standard InChI is InChI=1S/C15H17N5O/c1-2-12(16)8-14-18-15(21-19-14)11-9-17-20(10-11)13-6-4-3-5-7-13/h3-7,9-10,12H,2,8,16H2,1H3. The second kappa shape index (κ2) is 5.88. The van der Waals surface area contributed by atoms with E-state index in [1.807, 2.05) is 43.5 Å². The Morgan fingerprint density at radius 1 is 1.29 bits per heavy atom. The summed E-state index contributed by atoms with van der Waals surface area (Å²) in [5.41, 5.74) is 7.67. The van der Waals surface area contributed by atoms with Gasteiger partial charge in [-0.1, -0.05) is 30.3 Å². The molecule has 6 nitrogen and oxygen atoms in total. The van der Waals surface area contributed by atoms with E-state index in [1.165, 1.54) is 0 Å². The molecule has 0 aliphatic heterocycles. The van der Waals surface area contributed by atoms with Crippen molar-refractivity contribution in [1.82, 2.24) is 19.9 Å². The molecule has 0 aliphatic rings. The third-order valence-electron chi connectivity index (χ3n) is 3.29. The van der Waals surface area contributed by atoms with Crippen molar-refractivity contribution in [1.29, 1.82) is 0 Å². The SMILES string of the molecule is CCC(N)Cc1noc(-c2cnn(-c3ccccc3)c2)n1. The monoisotopic (exact) mass is 283 g/mol. The predicted octanol–water partition coefficient (Wildman–Crippen LogP) is 2.20. The molecular weight excluding hydrogens is 266 g/mol. The largest absolute Gasteiger partial charge is 0.334 e. The Hall–Kier alpha value is -2.47. The molecule has 3 aromatic rings. The molecule has 0 amide bonds. The van der Waals surface area contributed by atoms with E-state index < -0.39 is 0 Å². The van der Waals surface area contributed by atoms with Crippen LogP contribution in [-0.2, 0) is 6.42 Å². The van der Waals surface area contributed by atoms with E-state index in [1.54, 1.807) is 10.9 Å². The first-order chi connectivity index (χ1) is 10.3. The molecule has 21 heavy (non-hydrogen) atoms. The first-order valence-corrected chi connectivity index (χ1v) is 6.95. The summed E-state index contributed by atoms with van der Waals surface area (Å²) in [6, 6.07) is 9.92. The lowest BCUT2D eigenvalue weighted by molar-refractivity contribution is 0.419. The average molecular weight is 283 g/mol. The van der Waals surface area contributed by atoms with E-state index in [9.17, 15) is 0 Å². The molecule has 0 bridgehead atoms. The van der Waals surface area contributed by atoms with Crippen molar-refractivity contribution in [3.05, 3.63) is 48.5 Å². The Kier molecular flexibility index (Phi) is 3.79. The van der Waals surface area contributed by atoms with E-state index in [0.29, 0.717) is 18.1 Å². The molecule has 0 spiro atoms. The average Bonchev–Trinajstić information content (AvgIpc) is 3.17. The van der Waals surface area contributed by atoms with Crippen molar-refractivity contribution in [2.75, 3.05) is 0 Å². The minimum Gasteiger partial charge on any atom is -0.334 e. The zero-order chi connectivity index (χ0) is 14.7. The summed E-state index contributed by atoms with van der Waals surface area (Å²) in [6.45, 7) is 2.04. The van der Waals surface area contributed by atoms with Crippen LogP contribution in [0.4, 0.5) is 0 Å². The summed E-state index contributed by atoms with van der Waals surface area (Å²) < 4.78 is 7.05. The van der Waals surface area contributed by atoms with Crippen LogP contribution < -0.4 is 5.73 Å². The fraction of sp³-hybridized carbons (Fsp3) is 0.267. The third kappa shape index (κ3) is 3.00. The number of nitrogens with zero attached hydrogens (tertiary/aromatic N) is 4. The number of rotatable bonds is 5. The molecular formula is C15H17N5O. The second-order valence-corrected chi connectivity index (χ2v) is 4.90. The summed E-state index contributed by atoms with van der Waals surface area (Å²) in [7, 11) is 0. The Labute approximate surface area is 122 Å². The molecule has 3 rings (SSSR count). The maximum absolute atomic E-state index is 5.89. The van der Waals surface area contributed by atoms with Gasteiger partial charge in [-0.3, -0.25) is 0 Å². The minimum absolute atomic E-state index is 0.0579. The summed E-state index contributed by atoms with van der Waals surface area (Å²) in [5.74, 6) is 1.10. The Bertz CT molecular complexity index is 704. The maximum atomic E-state index is 5.89. The lowest BCUT2D eigenvalue weighted by Crippen LogP contribution is -2.21. The highest BCUT2D eigenvalue weighted by Crippen LogP contribution is 2.18. The van der Waals surface area contributed by atoms with Crippen LogP contribution in [0.1, 0.15) is 19.2 Å². The lowest BCUT2D eigenvalue weighted by Gasteiger charge is -2.02. The van der Waals surface area contributed by atoms with Gasteiger partial charge in [-0.15, -0.1) is 0 Å². The number of hydrogen-bond donors (Lipinski definition) is 1. The van der Waals surface area contributed by atoms with Crippen LogP contribution in [0.3, 0.4) is 0 Å². The molecule has 0 aliphatic carbocycles. The van der Waals surface area contributed by atoms with Gasteiger partial charge in [-0.05, 0) is 18.6 Å². The lowest BCUT2D eigenvalue weighted by atomic mass is 10.2. The van der Waals surface area contributed by atoms with Crippen LogP contribution in [0.15, 0.2) is 47.2 Å². The van der Waals surface area contributed by atoms with Crippen LogP contribution in [0, 0.1) is 0 Å². The summed E-state index contributed by atoms with van der Waals surface area (Å²) >= 11 is 0. The fourth-order valence-corrected chi connectivity index (χ4v) is 1.99. The summed E-state index contributed by atoms with van der Waals surface area (Å²) in [5, 5.41) is 8.27. The van der Waals surface area contributed by atoms with Gasteiger partial charge in [0.2, 0.25) is 0 Å². The topological polar surface area (TPSA) is 82.8 Å². The summed E-state index contributed by atoms with van der Waals surface area (Å²) in [6.07, 6.45) is 5.08. The van der Waals surface area contributed by atoms with Gasteiger partial charge in [-0.2, -0.15) is 10.1 Å². The van der Waals surface area contributed by atoms with Crippen LogP contribution in [0.25, 0.3) is 17.1 Å². The number of hydrogen-bond acceptors (Lipinski definition) is 5. The Morgan fingerprint density at radius 3 is 2.86 bits per heavy atom. The van der Waals surface area contributed by atoms with Gasteiger partial charge in [0, 0.05) is 18.7 Å². The molecule has 1 atom stereocenters. The van der Waals surface area contributed by atoms with E-state index in [4.69, 9.17) is 10.3 Å². The number of aromatic nitrogens is 4. The highest BCUT2D eigenvalue weighted by molar-refractivity contribution is 5.51. The minimum atomic E-state index is 0.0579. The number of para-hydroxylation sites is 1. The van der Waals surface area contributed by atoms with Gasteiger partial charge >= 0.3 is 0 Å². The quantitative estimate of drug-likeness (QED) is 0.776. The molecule has 2 aromatic heterocycles. The summed E-state index contributed by atoms with van der Waals surface area (Å²) in [4.78, 5) is 4.36. The number of benzene rings is 1. The first-order valence-electron chi connectivity index (χ1n) is 6.95. The zero-order valence-electron chi connectivity index (χ0n) is 11.8. The van der Waals surface area contributed by atoms with E-state index in [2.05, 4.69) is 15.2 Å². The Morgan fingerprint density at radius 2 is 2.10 bits per heavy atom. The van der Waals surface area contributed by atoms with Gasteiger partial charge < -0.3 is 10.3 Å². The van der Waals surface area contributed by atoms with Gasteiger partial charge in [-0.25, -0.2) is 4.68 Å². The fourth-order valence-electron chi connectivity index (χ4n) is 1.99. The molecule has 0 saturated carbocycles. The smallest absolute Gasteiger partial charge is 0.261 e. The molecule has 1 unspecified atom stereocenters. The van der Waals surface area contributed by atoms with Crippen molar-refractivity contribution < 1.29 is 4.52 Å².